The second-order valence-corrected chi connectivity index (χ2v) is 2.17. The van der Waals surface area contributed by atoms with Crippen LogP contribution in [0.3, 0.4) is 0 Å². The molecule has 0 unspecified atom stereocenters. The Morgan fingerprint density at radius 3 is 2.31 bits per heavy atom. The molecule has 0 aliphatic heterocycles. The third-order valence-corrected chi connectivity index (χ3v) is 1.27. The predicted molar refractivity (Wildman–Crippen MR) is 43.3 cm³/mol. The Labute approximate surface area is 73.1 Å². The Morgan fingerprint density at radius 1 is 1.38 bits per heavy atom. The zero-order valence-corrected chi connectivity index (χ0v) is 6.47. The first kappa shape index (κ1) is 8.98. The number of hydrogen-bond donors (Lipinski definition) is 1. The first-order valence-corrected chi connectivity index (χ1v) is 3.31. The summed E-state index contributed by atoms with van der Waals surface area (Å²) in [6.07, 6.45) is -0.950. The number of non-ortho nitro benzene ring substituents is 1. The lowest BCUT2D eigenvalue weighted by Gasteiger charge is -1.98. The normalized spacial score (nSPS) is 9.23. The minimum atomic E-state index is -0.950. The summed E-state index contributed by atoms with van der Waals surface area (Å²) in [6.45, 7) is 0. The van der Waals surface area contributed by atoms with Crippen molar-refractivity contribution in [3.63, 3.8) is 0 Å². The summed E-state index contributed by atoms with van der Waals surface area (Å²) >= 11 is 0. The number of carbonyl (C=O) groups is 1. The molecule has 2 N–H and O–H groups in total. The third-order valence-electron chi connectivity index (χ3n) is 1.27. The Kier molecular flexibility index (Phi) is 2.44. The van der Waals surface area contributed by atoms with Gasteiger partial charge in [-0.3, -0.25) is 10.1 Å². The SMILES string of the molecule is [13NH2]C(=O)Oc1ccc([N+](=O)[O-])cc1. The lowest BCUT2D eigenvalue weighted by atomic mass is 10.3. The topological polar surface area (TPSA) is 95.5 Å². The Morgan fingerprint density at radius 2 is 1.92 bits per heavy atom. The van der Waals surface area contributed by atoms with E-state index in [2.05, 4.69) is 4.74 Å². The van der Waals surface area contributed by atoms with Gasteiger partial charge in [0.25, 0.3) is 5.69 Å². The van der Waals surface area contributed by atoms with E-state index in [9.17, 15) is 14.9 Å². The number of amides is 1. The van der Waals surface area contributed by atoms with Crippen molar-refractivity contribution in [1.82, 2.24) is 0 Å². The summed E-state index contributed by atoms with van der Waals surface area (Å²) in [6, 6.07) is 5.03. The van der Waals surface area contributed by atoms with Crippen molar-refractivity contribution in [3.8, 4) is 5.75 Å². The molecular weight excluding hydrogens is 175 g/mol. The number of ether oxygens (including phenoxy) is 1. The van der Waals surface area contributed by atoms with Crippen molar-refractivity contribution in [3.05, 3.63) is 34.4 Å². The number of nitro benzene ring substituents is 1. The molecule has 0 radical (unpaired) electrons. The second kappa shape index (κ2) is 3.53. The molecule has 0 saturated carbocycles. The van der Waals surface area contributed by atoms with E-state index in [4.69, 9.17) is 5.73 Å². The highest BCUT2D eigenvalue weighted by Gasteiger charge is 2.05. The van der Waals surface area contributed by atoms with E-state index in [0.717, 1.165) is 0 Å². The molecule has 6 heteroatoms. The van der Waals surface area contributed by atoms with E-state index in [-0.39, 0.29) is 11.4 Å². The van der Waals surface area contributed by atoms with Gasteiger partial charge in [-0.25, -0.2) is 4.79 Å². The first-order valence-electron chi connectivity index (χ1n) is 3.31. The third kappa shape index (κ3) is 2.44. The number of carbonyl (C=O) groups excluding carboxylic acids is 1. The van der Waals surface area contributed by atoms with E-state index in [0.29, 0.717) is 0 Å². The van der Waals surface area contributed by atoms with E-state index in [1.807, 2.05) is 0 Å². The molecule has 0 fully saturated rings. The Balaban J connectivity index is 2.81. The van der Waals surface area contributed by atoms with Gasteiger partial charge in [0, 0.05) is 12.1 Å². The van der Waals surface area contributed by atoms with Crippen molar-refractivity contribution in [1.29, 1.82) is 0 Å². The van der Waals surface area contributed by atoms with Gasteiger partial charge < -0.3 is 10.5 Å². The van der Waals surface area contributed by atoms with Crippen molar-refractivity contribution in [2.75, 3.05) is 0 Å². The van der Waals surface area contributed by atoms with Crippen LogP contribution in [0.25, 0.3) is 0 Å². The number of primary amides is 1. The number of nitrogens with zero attached hydrogens (tertiary/aromatic N) is 1. The van der Waals surface area contributed by atoms with Crippen molar-refractivity contribution >= 4 is 11.8 Å². The molecule has 0 saturated heterocycles. The number of hydrogen-bond acceptors (Lipinski definition) is 4. The molecule has 1 aromatic carbocycles. The average molecular weight is 181 g/mol. The maximum absolute atomic E-state index is 10.3. The van der Waals surface area contributed by atoms with Gasteiger partial charge in [0.1, 0.15) is 5.75 Å². The van der Waals surface area contributed by atoms with Gasteiger partial charge in [-0.15, -0.1) is 0 Å². The molecule has 1 amide bonds. The number of rotatable bonds is 2. The van der Waals surface area contributed by atoms with Gasteiger partial charge in [0.2, 0.25) is 0 Å². The molecular formula is C7H6N2O4. The molecule has 0 aliphatic rings. The van der Waals surface area contributed by atoms with Gasteiger partial charge in [-0.2, -0.15) is 0 Å². The maximum atomic E-state index is 10.3. The fraction of sp³-hybridized carbons (Fsp3) is 0. The van der Waals surface area contributed by atoms with Crippen molar-refractivity contribution in [2.24, 2.45) is 5.73 Å². The summed E-state index contributed by atoms with van der Waals surface area (Å²) < 4.78 is 4.47. The van der Waals surface area contributed by atoms with Gasteiger partial charge in [-0.1, -0.05) is 0 Å². The molecule has 0 aliphatic carbocycles. The van der Waals surface area contributed by atoms with Crippen LogP contribution in [-0.2, 0) is 0 Å². The van der Waals surface area contributed by atoms with Crippen LogP contribution in [0.5, 0.6) is 5.75 Å². The highest BCUT2D eigenvalue weighted by molar-refractivity contribution is 5.68. The summed E-state index contributed by atoms with van der Waals surface area (Å²) in [7, 11) is 0. The molecule has 0 aromatic heterocycles. The van der Waals surface area contributed by atoms with Crippen LogP contribution in [0.15, 0.2) is 24.3 Å². The minimum absolute atomic E-state index is 0.0724. The monoisotopic (exact) mass is 181 g/mol. The van der Waals surface area contributed by atoms with Crippen LogP contribution in [0, 0.1) is 10.1 Å². The average Bonchev–Trinajstić information content (AvgIpc) is 2.04. The molecule has 6 nitrogen and oxygen atoms in total. The van der Waals surface area contributed by atoms with E-state index in [1.54, 1.807) is 0 Å². The van der Waals surface area contributed by atoms with Crippen molar-refractivity contribution in [2.45, 2.75) is 0 Å². The van der Waals surface area contributed by atoms with E-state index < -0.39 is 11.0 Å². The molecule has 0 spiro atoms. The van der Waals surface area contributed by atoms with Crippen molar-refractivity contribution < 1.29 is 14.5 Å². The summed E-state index contributed by atoms with van der Waals surface area (Å²) in [5, 5.41) is 10.2. The number of nitro groups is 1. The quantitative estimate of drug-likeness (QED) is 0.544. The lowest BCUT2D eigenvalue weighted by molar-refractivity contribution is -0.384. The molecule has 13 heavy (non-hydrogen) atoms. The number of benzene rings is 1. The van der Waals surface area contributed by atoms with E-state index in [1.165, 1.54) is 24.3 Å². The molecule has 0 atom stereocenters. The van der Waals surface area contributed by atoms with Crippen LogP contribution in [0.2, 0.25) is 0 Å². The molecule has 68 valence electrons. The largest absolute Gasteiger partial charge is 0.410 e. The zero-order chi connectivity index (χ0) is 9.84. The smallest absolute Gasteiger partial charge is 0.409 e. The van der Waals surface area contributed by atoms with Gasteiger partial charge in [-0.05, 0) is 12.1 Å². The van der Waals surface area contributed by atoms with E-state index >= 15 is 0 Å². The lowest BCUT2D eigenvalue weighted by Crippen LogP contribution is -2.16. The van der Waals surface area contributed by atoms with Crippen LogP contribution in [0.4, 0.5) is 10.5 Å². The highest BCUT2D eigenvalue weighted by atomic mass is 16.6. The van der Waals surface area contributed by atoms with Gasteiger partial charge >= 0.3 is 6.09 Å². The standard InChI is InChI=1S/C7H6N2O4/c8-7(10)13-6-3-1-5(2-4-6)9(11)12/h1-4H,(H2,8,10)/i8-1. The van der Waals surface area contributed by atoms with Crippen LogP contribution in [-0.4, -0.2) is 11.0 Å². The first-order chi connectivity index (χ1) is 6.09. The fourth-order valence-electron chi connectivity index (χ4n) is 0.752. The maximum Gasteiger partial charge on any atom is 0.409 e. The van der Waals surface area contributed by atoms with Gasteiger partial charge in [0.15, 0.2) is 0 Å². The summed E-state index contributed by atoms with van der Waals surface area (Å²) in [4.78, 5) is 19.9. The molecule has 0 bridgehead atoms. The predicted octanol–water partition coefficient (Wildman–Crippen LogP) is 1.05. The van der Waals surface area contributed by atoms with Crippen LogP contribution in [0.1, 0.15) is 0 Å². The molecule has 0 heterocycles. The highest BCUT2D eigenvalue weighted by Crippen LogP contribution is 2.16. The summed E-state index contributed by atoms with van der Waals surface area (Å²) in [5.74, 6) is 0.179. The number of nitrogens with two attached hydrogens (primary N) is 1. The minimum Gasteiger partial charge on any atom is -0.410 e. The Hall–Kier alpha value is -2.11. The fourth-order valence-corrected chi connectivity index (χ4v) is 0.752. The van der Waals surface area contributed by atoms with Crippen LogP contribution >= 0.6 is 0 Å². The van der Waals surface area contributed by atoms with Crippen LogP contribution < -0.4 is 10.5 Å². The Bertz CT molecular complexity index is 333. The molecule has 1 aromatic rings. The summed E-state index contributed by atoms with van der Waals surface area (Å²) in [5.41, 5.74) is 4.65. The zero-order valence-electron chi connectivity index (χ0n) is 6.47. The second-order valence-electron chi connectivity index (χ2n) is 2.17. The van der Waals surface area contributed by atoms with Gasteiger partial charge in [0.05, 0.1) is 4.92 Å². The molecule has 1 rings (SSSR count).